The van der Waals surface area contributed by atoms with E-state index >= 15 is 0 Å². The molecular formula is C17H15N5O3. The predicted octanol–water partition coefficient (Wildman–Crippen LogP) is 2.33. The van der Waals surface area contributed by atoms with Crippen LogP contribution < -0.4 is 5.73 Å². The van der Waals surface area contributed by atoms with Gasteiger partial charge in [-0.05, 0) is 24.3 Å². The second-order valence-corrected chi connectivity index (χ2v) is 5.19. The minimum absolute atomic E-state index is 0.0860. The molecule has 2 aromatic heterocycles. The number of nitrogens with zero attached hydrogens (tertiary/aromatic N) is 4. The molecule has 25 heavy (non-hydrogen) atoms. The summed E-state index contributed by atoms with van der Waals surface area (Å²) in [5, 5.41) is 13.0. The fourth-order valence-electron chi connectivity index (χ4n) is 2.40. The van der Waals surface area contributed by atoms with E-state index in [0.717, 1.165) is 5.56 Å². The second-order valence-electron chi connectivity index (χ2n) is 5.19. The normalized spacial score (nSPS) is 10.4. The van der Waals surface area contributed by atoms with Gasteiger partial charge in [0.1, 0.15) is 6.07 Å². The number of nitrogen functional groups attached to an aromatic ring is 1. The van der Waals surface area contributed by atoms with Crippen molar-refractivity contribution in [2.75, 3.05) is 12.8 Å². The molecule has 2 heterocycles. The average Bonchev–Trinajstić information content (AvgIpc) is 3.25. The molecule has 8 heteroatoms. The van der Waals surface area contributed by atoms with Crippen molar-refractivity contribution in [1.29, 1.82) is 5.26 Å². The van der Waals surface area contributed by atoms with Gasteiger partial charge in [-0.1, -0.05) is 12.1 Å². The maximum atomic E-state index is 12.0. The molecular weight excluding hydrogens is 322 g/mol. The summed E-state index contributed by atoms with van der Waals surface area (Å²) in [6, 6.07) is 9.06. The predicted molar refractivity (Wildman–Crippen MR) is 88.9 cm³/mol. The van der Waals surface area contributed by atoms with Crippen molar-refractivity contribution < 1.29 is 14.1 Å². The third kappa shape index (κ3) is 2.83. The van der Waals surface area contributed by atoms with Crippen molar-refractivity contribution in [2.45, 2.75) is 13.3 Å². The molecule has 0 aliphatic rings. The first-order valence-electron chi connectivity index (χ1n) is 7.51. The molecule has 0 aliphatic carbocycles. The number of aryl methyl sites for hydroxylation is 1. The van der Waals surface area contributed by atoms with Crippen LogP contribution in [0.15, 0.2) is 35.0 Å². The summed E-state index contributed by atoms with van der Waals surface area (Å²) < 4.78 is 11.5. The number of carbonyl (C=O) groups excluding carboxylic acids is 1. The summed E-state index contributed by atoms with van der Waals surface area (Å²) in [6.07, 6.45) is 2.18. The molecule has 0 amide bonds. The number of carbonyl (C=O) groups is 1. The van der Waals surface area contributed by atoms with Crippen LogP contribution in [0, 0.1) is 11.3 Å². The highest BCUT2D eigenvalue weighted by atomic mass is 16.5. The van der Waals surface area contributed by atoms with Gasteiger partial charge < -0.3 is 19.6 Å². The Kier molecular flexibility index (Phi) is 4.22. The number of anilines is 1. The minimum Gasteiger partial charge on any atom is -0.464 e. The number of nitriles is 1. The summed E-state index contributed by atoms with van der Waals surface area (Å²) in [5.41, 5.74) is 7.68. The van der Waals surface area contributed by atoms with Gasteiger partial charge in [-0.2, -0.15) is 10.2 Å². The van der Waals surface area contributed by atoms with E-state index in [2.05, 4.69) is 10.1 Å². The Bertz CT molecular complexity index is 963. The van der Waals surface area contributed by atoms with Crippen LogP contribution in [0.5, 0.6) is 0 Å². The quantitative estimate of drug-likeness (QED) is 0.725. The first-order valence-corrected chi connectivity index (χ1v) is 7.51. The van der Waals surface area contributed by atoms with Crippen LogP contribution in [-0.2, 0) is 11.2 Å². The molecule has 0 bridgehead atoms. The topological polar surface area (TPSA) is 120 Å². The van der Waals surface area contributed by atoms with Gasteiger partial charge >= 0.3 is 5.97 Å². The van der Waals surface area contributed by atoms with Gasteiger partial charge in [0, 0.05) is 23.9 Å². The number of hydrogen-bond donors (Lipinski definition) is 1. The van der Waals surface area contributed by atoms with Crippen molar-refractivity contribution in [3.05, 3.63) is 47.5 Å². The SMILES string of the molecule is CCc1noc(-c2ccc(-n3cc(C#N)c(N)c3C(=O)OC)cc2)n1. The number of nitrogens with two attached hydrogens (primary N) is 1. The molecule has 0 fully saturated rings. The maximum absolute atomic E-state index is 12.0. The van der Waals surface area contributed by atoms with E-state index in [1.54, 1.807) is 24.3 Å². The monoisotopic (exact) mass is 337 g/mol. The smallest absolute Gasteiger partial charge is 0.357 e. The lowest BCUT2D eigenvalue weighted by Gasteiger charge is -2.08. The van der Waals surface area contributed by atoms with Crippen molar-refractivity contribution in [3.8, 4) is 23.2 Å². The Hall–Kier alpha value is -3.60. The standard InChI is InChI=1S/C17H15N5O3/c1-3-13-20-16(25-21-13)10-4-6-12(7-5-10)22-9-11(8-18)14(19)15(22)17(23)24-2/h4-7,9H,3,19H2,1-2H3. The molecule has 8 nitrogen and oxygen atoms in total. The van der Waals surface area contributed by atoms with E-state index < -0.39 is 5.97 Å². The molecule has 3 aromatic rings. The van der Waals surface area contributed by atoms with Gasteiger partial charge in [0.05, 0.1) is 18.4 Å². The Morgan fingerprint density at radius 3 is 2.68 bits per heavy atom. The zero-order valence-corrected chi connectivity index (χ0v) is 13.7. The number of hydrogen-bond acceptors (Lipinski definition) is 7. The average molecular weight is 337 g/mol. The van der Waals surface area contributed by atoms with Gasteiger partial charge in [0.25, 0.3) is 5.89 Å². The van der Waals surface area contributed by atoms with Crippen LogP contribution >= 0.6 is 0 Å². The first-order chi connectivity index (χ1) is 12.1. The zero-order chi connectivity index (χ0) is 18.0. The van der Waals surface area contributed by atoms with Gasteiger partial charge in [-0.15, -0.1) is 0 Å². The number of benzene rings is 1. The Balaban J connectivity index is 2.03. The van der Waals surface area contributed by atoms with Crippen LogP contribution in [0.25, 0.3) is 17.1 Å². The lowest BCUT2D eigenvalue weighted by Crippen LogP contribution is -2.11. The van der Waals surface area contributed by atoms with Crippen molar-refractivity contribution in [3.63, 3.8) is 0 Å². The molecule has 0 atom stereocenters. The third-order valence-corrected chi connectivity index (χ3v) is 3.72. The van der Waals surface area contributed by atoms with Crippen LogP contribution in [-0.4, -0.2) is 27.8 Å². The summed E-state index contributed by atoms with van der Waals surface area (Å²) in [6.45, 7) is 1.94. The minimum atomic E-state index is -0.618. The molecule has 0 saturated carbocycles. The largest absolute Gasteiger partial charge is 0.464 e. The van der Waals surface area contributed by atoms with Crippen LogP contribution in [0.3, 0.4) is 0 Å². The molecule has 0 spiro atoms. The Labute approximate surface area is 143 Å². The highest BCUT2D eigenvalue weighted by Gasteiger charge is 2.21. The molecule has 3 rings (SSSR count). The van der Waals surface area contributed by atoms with E-state index in [1.165, 1.54) is 17.9 Å². The lowest BCUT2D eigenvalue weighted by atomic mass is 10.2. The maximum Gasteiger partial charge on any atom is 0.357 e. The van der Waals surface area contributed by atoms with Crippen molar-refractivity contribution in [2.24, 2.45) is 0 Å². The fraction of sp³-hybridized carbons (Fsp3) is 0.176. The van der Waals surface area contributed by atoms with Crippen LogP contribution in [0.1, 0.15) is 28.8 Å². The first kappa shape index (κ1) is 16.3. The summed E-state index contributed by atoms with van der Waals surface area (Å²) >= 11 is 0. The van der Waals surface area contributed by atoms with Gasteiger partial charge in [0.15, 0.2) is 11.5 Å². The third-order valence-electron chi connectivity index (χ3n) is 3.72. The van der Waals surface area contributed by atoms with E-state index in [1.807, 2.05) is 13.0 Å². The van der Waals surface area contributed by atoms with Gasteiger partial charge in [-0.25, -0.2) is 4.79 Å². The number of esters is 1. The number of methoxy groups -OCH3 is 1. The van der Waals surface area contributed by atoms with Crippen molar-refractivity contribution in [1.82, 2.24) is 14.7 Å². The number of rotatable bonds is 4. The molecule has 1 aromatic carbocycles. The molecule has 0 saturated heterocycles. The number of ether oxygens (including phenoxy) is 1. The van der Waals surface area contributed by atoms with Gasteiger partial charge in [-0.3, -0.25) is 0 Å². The van der Waals surface area contributed by atoms with E-state index in [9.17, 15) is 4.79 Å². The van der Waals surface area contributed by atoms with E-state index in [-0.39, 0.29) is 16.9 Å². The second kappa shape index (κ2) is 6.49. The van der Waals surface area contributed by atoms with E-state index in [4.69, 9.17) is 20.3 Å². The summed E-state index contributed by atoms with van der Waals surface area (Å²) in [7, 11) is 1.26. The lowest BCUT2D eigenvalue weighted by molar-refractivity contribution is 0.0593. The van der Waals surface area contributed by atoms with Gasteiger partial charge in [0.2, 0.25) is 0 Å². The summed E-state index contributed by atoms with van der Waals surface area (Å²) in [5.74, 6) is 0.429. The molecule has 2 N–H and O–H groups in total. The fourth-order valence-corrected chi connectivity index (χ4v) is 2.40. The Morgan fingerprint density at radius 1 is 1.40 bits per heavy atom. The molecule has 126 valence electrons. The Morgan fingerprint density at radius 2 is 2.12 bits per heavy atom. The zero-order valence-electron chi connectivity index (χ0n) is 13.7. The van der Waals surface area contributed by atoms with Crippen LogP contribution in [0.4, 0.5) is 5.69 Å². The van der Waals surface area contributed by atoms with Crippen LogP contribution in [0.2, 0.25) is 0 Å². The molecule has 0 aliphatic heterocycles. The highest BCUT2D eigenvalue weighted by molar-refractivity contribution is 5.95. The molecule has 0 radical (unpaired) electrons. The number of aromatic nitrogens is 3. The summed E-state index contributed by atoms with van der Waals surface area (Å²) in [4.78, 5) is 16.3. The molecule has 0 unspecified atom stereocenters. The van der Waals surface area contributed by atoms with Crippen molar-refractivity contribution >= 4 is 11.7 Å². The van der Waals surface area contributed by atoms with E-state index in [0.29, 0.717) is 23.8 Å². The highest BCUT2D eigenvalue weighted by Crippen LogP contribution is 2.26.